The number of amides is 1. The van der Waals surface area contributed by atoms with Gasteiger partial charge >= 0.3 is 6.09 Å². The van der Waals surface area contributed by atoms with Crippen molar-refractivity contribution in [2.45, 2.75) is 6.61 Å². The lowest BCUT2D eigenvalue weighted by Gasteiger charge is -2.09. The van der Waals surface area contributed by atoms with Crippen LogP contribution in [0.2, 0.25) is 0 Å². The minimum absolute atomic E-state index is 0.238. The Morgan fingerprint density at radius 1 is 0.523 bits per heavy atom. The zero-order valence-electron chi connectivity index (χ0n) is 25.9. The third-order valence-electron chi connectivity index (χ3n) is 5.26. The molecule has 0 aliphatic rings. The first-order chi connectivity index (χ1) is 21.8. The van der Waals surface area contributed by atoms with Crippen molar-refractivity contribution in [3.05, 3.63) is 35.9 Å². The van der Waals surface area contributed by atoms with E-state index >= 15 is 0 Å². The predicted octanol–water partition coefficient (Wildman–Crippen LogP) is 1.71. The van der Waals surface area contributed by atoms with Gasteiger partial charge in [0.25, 0.3) is 0 Å². The standard InChI is InChI=1S/C31H51NO12/c1-2-9-34-11-13-36-15-17-38-19-21-40-23-25-42-27-28-43-26-24-41-22-20-39-18-16-37-14-12-35-10-8-32-31(33)44-29-30-6-4-3-5-7-30/h1,3-7H,8-29H2,(H,32,33). The van der Waals surface area contributed by atoms with Crippen LogP contribution in [0.3, 0.4) is 0 Å². The van der Waals surface area contributed by atoms with E-state index in [-0.39, 0.29) is 6.61 Å². The van der Waals surface area contributed by atoms with Crippen molar-refractivity contribution in [1.29, 1.82) is 0 Å². The molecule has 0 unspecified atom stereocenters. The molecule has 1 N–H and O–H groups in total. The number of rotatable bonds is 33. The van der Waals surface area contributed by atoms with E-state index in [1.807, 2.05) is 30.3 Å². The number of alkyl carbamates (subject to hydrolysis) is 1. The maximum absolute atomic E-state index is 11.6. The number of hydrogen-bond donors (Lipinski definition) is 1. The van der Waals surface area contributed by atoms with Gasteiger partial charge in [0.1, 0.15) is 13.2 Å². The van der Waals surface area contributed by atoms with E-state index in [1.54, 1.807) is 0 Å². The highest BCUT2D eigenvalue weighted by Crippen LogP contribution is 2.00. The van der Waals surface area contributed by atoms with Crippen molar-refractivity contribution < 1.29 is 56.9 Å². The van der Waals surface area contributed by atoms with Gasteiger partial charge in [-0.2, -0.15) is 0 Å². The summed E-state index contributed by atoms with van der Waals surface area (Å²) >= 11 is 0. The first-order valence-electron chi connectivity index (χ1n) is 15.0. The average Bonchev–Trinajstić information content (AvgIpc) is 3.04. The van der Waals surface area contributed by atoms with Gasteiger partial charge in [-0.1, -0.05) is 36.3 Å². The van der Waals surface area contributed by atoms with E-state index in [4.69, 9.17) is 58.5 Å². The number of terminal acetylenes is 1. The molecule has 0 spiro atoms. The van der Waals surface area contributed by atoms with E-state index in [1.165, 1.54) is 0 Å². The van der Waals surface area contributed by atoms with Crippen LogP contribution in [-0.4, -0.2) is 145 Å². The van der Waals surface area contributed by atoms with Crippen LogP contribution in [0.1, 0.15) is 5.56 Å². The largest absolute Gasteiger partial charge is 0.445 e. The fourth-order valence-corrected chi connectivity index (χ4v) is 3.11. The molecule has 13 nitrogen and oxygen atoms in total. The van der Waals surface area contributed by atoms with Crippen LogP contribution >= 0.6 is 0 Å². The lowest BCUT2D eigenvalue weighted by atomic mass is 10.2. The minimum atomic E-state index is -0.470. The Morgan fingerprint density at radius 3 is 1.23 bits per heavy atom. The van der Waals surface area contributed by atoms with Crippen LogP contribution in [-0.2, 0) is 58.7 Å². The first kappa shape index (κ1) is 39.7. The lowest BCUT2D eigenvalue weighted by Crippen LogP contribution is -2.28. The summed E-state index contributed by atoms with van der Waals surface area (Å²) in [4.78, 5) is 11.6. The van der Waals surface area contributed by atoms with Gasteiger partial charge in [0, 0.05) is 6.54 Å². The molecule has 1 rings (SSSR count). The Bertz CT molecular complexity index is 781. The lowest BCUT2D eigenvalue weighted by molar-refractivity contribution is -0.0260. The van der Waals surface area contributed by atoms with Gasteiger partial charge in [-0.15, -0.1) is 6.42 Å². The Morgan fingerprint density at radius 2 is 0.864 bits per heavy atom. The highest BCUT2D eigenvalue weighted by atomic mass is 16.6. The number of nitrogens with one attached hydrogen (secondary N) is 1. The van der Waals surface area contributed by atoms with Crippen LogP contribution in [0.5, 0.6) is 0 Å². The normalized spacial score (nSPS) is 11.0. The van der Waals surface area contributed by atoms with Crippen LogP contribution in [0.15, 0.2) is 30.3 Å². The SMILES string of the molecule is C#CCOCCOCCOCCOCCOCCOCCOCCOCCOCCOCCNC(=O)OCc1ccccc1. The van der Waals surface area contributed by atoms with E-state index < -0.39 is 6.09 Å². The molecule has 0 aliphatic heterocycles. The molecule has 252 valence electrons. The quantitative estimate of drug-likeness (QED) is 0.0897. The Balaban J connectivity index is 1.64. The van der Waals surface area contributed by atoms with Crippen molar-refractivity contribution in [2.75, 3.05) is 139 Å². The smallest absolute Gasteiger partial charge is 0.407 e. The maximum Gasteiger partial charge on any atom is 0.407 e. The molecule has 0 saturated heterocycles. The molecule has 0 saturated carbocycles. The maximum atomic E-state index is 11.6. The number of benzene rings is 1. The summed E-state index contributed by atoms with van der Waals surface area (Å²) in [5, 5.41) is 2.64. The van der Waals surface area contributed by atoms with Gasteiger partial charge in [0.15, 0.2) is 0 Å². The first-order valence-corrected chi connectivity index (χ1v) is 15.0. The molecule has 0 heterocycles. The Labute approximate surface area is 262 Å². The summed E-state index contributed by atoms with van der Waals surface area (Å²) in [6, 6.07) is 9.50. The van der Waals surface area contributed by atoms with Crippen LogP contribution in [0, 0.1) is 12.3 Å². The van der Waals surface area contributed by atoms with Crippen molar-refractivity contribution in [2.24, 2.45) is 0 Å². The summed E-state index contributed by atoms with van der Waals surface area (Å²) in [6.07, 6.45) is 4.61. The molecule has 1 aromatic carbocycles. The molecular weight excluding hydrogens is 578 g/mol. The molecule has 1 amide bonds. The van der Waals surface area contributed by atoms with Crippen molar-refractivity contribution >= 4 is 6.09 Å². The Kier molecular flexibility index (Phi) is 30.2. The summed E-state index contributed by atoms with van der Waals surface area (Å²) in [5.41, 5.74) is 0.937. The summed E-state index contributed by atoms with van der Waals surface area (Å²) in [7, 11) is 0. The molecule has 1 aromatic rings. The second-order valence-electron chi connectivity index (χ2n) is 8.76. The molecule has 0 atom stereocenters. The van der Waals surface area contributed by atoms with Crippen LogP contribution in [0.25, 0.3) is 0 Å². The summed E-state index contributed by atoms with van der Waals surface area (Å²) in [5.74, 6) is 2.39. The summed E-state index contributed by atoms with van der Waals surface area (Å²) < 4.78 is 59.1. The molecule has 0 aromatic heterocycles. The van der Waals surface area contributed by atoms with Crippen molar-refractivity contribution in [3.63, 3.8) is 0 Å². The van der Waals surface area contributed by atoms with E-state index in [0.717, 1.165) is 5.56 Å². The average molecular weight is 630 g/mol. The van der Waals surface area contributed by atoms with Gasteiger partial charge in [0.05, 0.1) is 126 Å². The highest BCUT2D eigenvalue weighted by Gasteiger charge is 2.02. The number of carbonyl (C=O) groups excluding carboxylic acids is 1. The monoisotopic (exact) mass is 629 g/mol. The van der Waals surface area contributed by atoms with Gasteiger partial charge in [-0.3, -0.25) is 0 Å². The van der Waals surface area contributed by atoms with Crippen LogP contribution < -0.4 is 5.32 Å². The summed E-state index contributed by atoms with van der Waals surface area (Å²) in [6.45, 7) is 10.1. The van der Waals surface area contributed by atoms with Crippen molar-refractivity contribution in [3.8, 4) is 12.3 Å². The molecule has 44 heavy (non-hydrogen) atoms. The zero-order valence-corrected chi connectivity index (χ0v) is 25.9. The highest BCUT2D eigenvalue weighted by molar-refractivity contribution is 5.67. The molecule has 0 fully saturated rings. The third-order valence-corrected chi connectivity index (χ3v) is 5.26. The minimum Gasteiger partial charge on any atom is -0.445 e. The van der Waals surface area contributed by atoms with E-state index in [9.17, 15) is 4.79 Å². The fourth-order valence-electron chi connectivity index (χ4n) is 3.11. The van der Waals surface area contributed by atoms with Crippen LogP contribution in [0.4, 0.5) is 4.79 Å². The van der Waals surface area contributed by atoms with Gasteiger partial charge in [-0.25, -0.2) is 4.79 Å². The second kappa shape index (κ2) is 33.5. The van der Waals surface area contributed by atoms with Gasteiger partial charge in [-0.05, 0) is 5.56 Å². The molecule has 0 aliphatic carbocycles. The van der Waals surface area contributed by atoms with Gasteiger partial charge < -0.3 is 57.4 Å². The fraction of sp³-hybridized carbons (Fsp3) is 0.710. The number of ether oxygens (including phenoxy) is 11. The molecule has 0 radical (unpaired) electrons. The molecule has 13 heteroatoms. The predicted molar refractivity (Wildman–Crippen MR) is 162 cm³/mol. The van der Waals surface area contributed by atoms with Crippen molar-refractivity contribution in [1.82, 2.24) is 5.32 Å². The molecule has 0 bridgehead atoms. The zero-order chi connectivity index (χ0) is 31.4. The third kappa shape index (κ3) is 29.7. The number of carbonyl (C=O) groups is 1. The Hall–Kier alpha value is -2.35. The molecular formula is C31H51NO12. The van der Waals surface area contributed by atoms with E-state index in [2.05, 4.69) is 11.2 Å². The van der Waals surface area contributed by atoms with E-state index in [0.29, 0.717) is 139 Å². The number of hydrogen-bond acceptors (Lipinski definition) is 12. The second-order valence-corrected chi connectivity index (χ2v) is 8.76. The van der Waals surface area contributed by atoms with Gasteiger partial charge in [0.2, 0.25) is 0 Å². The topological polar surface area (TPSA) is 131 Å².